The van der Waals surface area contributed by atoms with Crippen LogP contribution in [0.5, 0.6) is 5.75 Å². The summed E-state index contributed by atoms with van der Waals surface area (Å²) in [4.78, 5) is 14.9. The van der Waals surface area contributed by atoms with Gasteiger partial charge in [-0.1, -0.05) is 12.1 Å². The lowest BCUT2D eigenvalue weighted by atomic mass is 9.94. The quantitative estimate of drug-likeness (QED) is 0.789. The standard InChI is InChI=1S/C19H29N3O4S/c1-3-27(24,25)22-14-18(26-17-7-5-4-6-16(17)22)19(23)20-11-8-15-9-12-21(2)13-10-15/h4-7,15,18H,3,8-14H2,1-2H3,(H,20,23)/t18-/m0/s1. The predicted octanol–water partition coefficient (Wildman–Crippen LogP) is 1.45. The highest BCUT2D eigenvalue weighted by molar-refractivity contribution is 7.92. The Morgan fingerprint density at radius 2 is 1.96 bits per heavy atom. The van der Waals surface area contributed by atoms with E-state index in [0.29, 0.717) is 23.9 Å². The maximum atomic E-state index is 12.6. The van der Waals surface area contributed by atoms with Crippen LogP contribution in [0.3, 0.4) is 0 Å². The highest BCUT2D eigenvalue weighted by Gasteiger charge is 2.35. The summed E-state index contributed by atoms with van der Waals surface area (Å²) >= 11 is 0. The van der Waals surface area contributed by atoms with Crippen LogP contribution < -0.4 is 14.4 Å². The lowest BCUT2D eigenvalue weighted by molar-refractivity contribution is -0.127. The largest absolute Gasteiger partial charge is 0.476 e. The maximum Gasteiger partial charge on any atom is 0.263 e. The van der Waals surface area contributed by atoms with Crippen molar-refractivity contribution in [3.05, 3.63) is 24.3 Å². The number of hydrogen-bond acceptors (Lipinski definition) is 5. The number of rotatable bonds is 6. The third-order valence-corrected chi connectivity index (χ3v) is 7.16. The summed E-state index contributed by atoms with van der Waals surface area (Å²) in [6.45, 7) is 4.41. The Morgan fingerprint density at radius 1 is 1.26 bits per heavy atom. The van der Waals surface area contributed by atoms with Crippen LogP contribution in [0.1, 0.15) is 26.2 Å². The number of likely N-dealkylation sites (tertiary alicyclic amines) is 1. The van der Waals surface area contributed by atoms with E-state index in [1.165, 1.54) is 4.31 Å². The van der Waals surface area contributed by atoms with Gasteiger partial charge in [-0.05, 0) is 64.4 Å². The monoisotopic (exact) mass is 395 g/mol. The van der Waals surface area contributed by atoms with E-state index in [-0.39, 0.29) is 18.2 Å². The molecule has 27 heavy (non-hydrogen) atoms. The summed E-state index contributed by atoms with van der Waals surface area (Å²) in [6, 6.07) is 6.95. The molecule has 0 bridgehead atoms. The van der Waals surface area contributed by atoms with Crippen molar-refractivity contribution >= 4 is 21.6 Å². The van der Waals surface area contributed by atoms with Crippen molar-refractivity contribution in [2.45, 2.75) is 32.3 Å². The van der Waals surface area contributed by atoms with E-state index in [1.807, 2.05) is 0 Å². The molecular formula is C19H29N3O4S. The summed E-state index contributed by atoms with van der Waals surface area (Å²) in [6.07, 6.45) is 2.42. The van der Waals surface area contributed by atoms with E-state index in [9.17, 15) is 13.2 Å². The summed E-state index contributed by atoms with van der Waals surface area (Å²) in [5.74, 6) is 0.780. The van der Waals surface area contributed by atoms with Crippen LogP contribution in [0.25, 0.3) is 0 Å². The molecule has 1 N–H and O–H groups in total. The number of para-hydroxylation sites is 2. The molecular weight excluding hydrogens is 366 g/mol. The van der Waals surface area contributed by atoms with Crippen LogP contribution in [0.2, 0.25) is 0 Å². The molecule has 1 aromatic carbocycles. The molecule has 2 aliphatic heterocycles. The van der Waals surface area contributed by atoms with Crippen molar-refractivity contribution in [3.8, 4) is 5.75 Å². The number of carbonyl (C=O) groups excluding carboxylic acids is 1. The van der Waals surface area contributed by atoms with Crippen molar-refractivity contribution in [1.82, 2.24) is 10.2 Å². The van der Waals surface area contributed by atoms with Gasteiger partial charge in [0.05, 0.1) is 18.0 Å². The molecule has 2 heterocycles. The van der Waals surface area contributed by atoms with Gasteiger partial charge in [0.25, 0.3) is 5.91 Å². The lowest BCUT2D eigenvalue weighted by Gasteiger charge is -2.34. The number of amides is 1. The number of nitrogens with one attached hydrogen (secondary N) is 1. The van der Waals surface area contributed by atoms with Gasteiger partial charge in [0.15, 0.2) is 6.10 Å². The minimum Gasteiger partial charge on any atom is -0.476 e. The second-order valence-corrected chi connectivity index (χ2v) is 9.51. The van der Waals surface area contributed by atoms with Crippen molar-refractivity contribution in [3.63, 3.8) is 0 Å². The number of nitrogens with zero attached hydrogens (tertiary/aromatic N) is 2. The molecule has 3 rings (SSSR count). The second-order valence-electron chi connectivity index (χ2n) is 7.33. The topological polar surface area (TPSA) is 79.0 Å². The van der Waals surface area contributed by atoms with Gasteiger partial charge in [-0.3, -0.25) is 9.10 Å². The molecule has 0 aromatic heterocycles. The molecule has 1 atom stereocenters. The third-order valence-electron chi connectivity index (χ3n) is 5.42. The summed E-state index contributed by atoms with van der Waals surface area (Å²) in [5, 5.41) is 2.93. The van der Waals surface area contributed by atoms with E-state index >= 15 is 0 Å². The zero-order valence-electron chi connectivity index (χ0n) is 16.1. The van der Waals surface area contributed by atoms with Crippen LogP contribution in [0.15, 0.2) is 24.3 Å². The van der Waals surface area contributed by atoms with E-state index in [1.54, 1.807) is 31.2 Å². The summed E-state index contributed by atoms with van der Waals surface area (Å²) in [7, 11) is -1.34. The molecule has 7 nitrogen and oxygen atoms in total. The lowest BCUT2D eigenvalue weighted by Crippen LogP contribution is -2.51. The van der Waals surface area contributed by atoms with Gasteiger partial charge < -0.3 is 15.0 Å². The molecule has 2 aliphatic rings. The van der Waals surface area contributed by atoms with E-state index < -0.39 is 16.1 Å². The number of ether oxygens (including phenoxy) is 1. The van der Waals surface area contributed by atoms with Gasteiger partial charge in [-0.2, -0.15) is 0 Å². The Labute approximate surface area is 161 Å². The fraction of sp³-hybridized carbons (Fsp3) is 0.632. The van der Waals surface area contributed by atoms with Gasteiger partial charge in [-0.25, -0.2) is 8.42 Å². The maximum absolute atomic E-state index is 12.6. The Balaban J connectivity index is 1.60. The molecule has 150 valence electrons. The number of fused-ring (bicyclic) bond motifs is 1. The summed E-state index contributed by atoms with van der Waals surface area (Å²) in [5.41, 5.74) is 0.495. The van der Waals surface area contributed by atoms with Gasteiger partial charge >= 0.3 is 0 Å². The minimum atomic E-state index is -3.48. The van der Waals surface area contributed by atoms with Gasteiger partial charge in [-0.15, -0.1) is 0 Å². The first-order valence-electron chi connectivity index (χ1n) is 9.63. The number of carbonyl (C=O) groups is 1. The van der Waals surface area contributed by atoms with Crippen molar-refractivity contribution in [2.24, 2.45) is 5.92 Å². The Hall–Kier alpha value is -1.80. The molecule has 1 amide bonds. The summed E-state index contributed by atoms with van der Waals surface area (Å²) < 4.78 is 32.0. The molecule has 1 fully saturated rings. The van der Waals surface area contributed by atoms with Crippen LogP contribution in [0, 0.1) is 5.92 Å². The average molecular weight is 396 g/mol. The zero-order chi connectivity index (χ0) is 19.4. The van der Waals surface area contributed by atoms with Crippen LogP contribution in [-0.2, 0) is 14.8 Å². The highest BCUT2D eigenvalue weighted by atomic mass is 32.2. The third kappa shape index (κ3) is 4.73. The normalized spacial score (nSPS) is 21.4. The van der Waals surface area contributed by atoms with Gasteiger partial charge in [0, 0.05) is 6.54 Å². The van der Waals surface area contributed by atoms with Crippen LogP contribution >= 0.6 is 0 Å². The first-order valence-corrected chi connectivity index (χ1v) is 11.2. The van der Waals surface area contributed by atoms with E-state index in [4.69, 9.17) is 4.74 Å². The first-order chi connectivity index (χ1) is 12.9. The smallest absolute Gasteiger partial charge is 0.263 e. The molecule has 0 unspecified atom stereocenters. The average Bonchev–Trinajstić information content (AvgIpc) is 2.68. The zero-order valence-corrected chi connectivity index (χ0v) is 16.9. The predicted molar refractivity (Wildman–Crippen MR) is 106 cm³/mol. The molecule has 8 heteroatoms. The molecule has 0 radical (unpaired) electrons. The Bertz CT molecular complexity index is 760. The fourth-order valence-corrected chi connectivity index (χ4v) is 4.75. The number of hydrogen-bond donors (Lipinski definition) is 1. The van der Waals surface area contributed by atoms with Crippen LogP contribution in [-0.4, -0.2) is 64.3 Å². The highest BCUT2D eigenvalue weighted by Crippen LogP contribution is 2.35. The number of piperidine rings is 1. The second kappa shape index (κ2) is 8.48. The SMILES string of the molecule is CCS(=O)(=O)N1C[C@@H](C(=O)NCCC2CCN(C)CC2)Oc2ccccc21. The van der Waals surface area contributed by atoms with Crippen molar-refractivity contribution < 1.29 is 17.9 Å². The van der Waals surface area contributed by atoms with Gasteiger partial charge in [0.1, 0.15) is 5.75 Å². The van der Waals surface area contributed by atoms with Crippen LogP contribution in [0.4, 0.5) is 5.69 Å². The first kappa shape index (κ1) is 19.9. The molecule has 0 saturated carbocycles. The Kier molecular flexibility index (Phi) is 6.26. The van der Waals surface area contributed by atoms with E-state index in [0.717, 1.165) is 32.4 Å². The van der Waals surface area contributed by atoms with E-state index in [2.05, 4.69) is 17.3 Å². The van der Waals surface area contributed by atoms with Gasteiger partial charge in [0.2, 0.25) is 10.0 Å². The fourth-order valence-electron chi connectivity index (χ4n) is 3.62. The number of sulfonamides is 1. The Morgan fingerprint density at radius 3 is 2.67 bits per heavy atom. The number of benzene rings is 1. The van der Waals surface area contributed by atoms with Crippen molar-refractivity contribution in [1.29, 1.82) is 0 Å². The van der Waals surface area contributed by atoms with Crippen molar-refractivity contribution in [2.75, 3.05) is 43.3 Å². The minimum absolute atomic E-state index is 0.00719. The molecule has 1 saturated heterocycles. The molecule has 0 spiro atoms. The number of anilines is 1. The molecule has 0 aliphatic carbocycles. The molecule has 1 aromatic rings.